The van der Waals surface area contributed by atoms with E-state index in [9.17, 15) is 4.79 Å². The van der Waals surface area contributed by atoms with Gasteiger partial charge < -0.3 is 5.32 Å². The molecule has 0 unspecified atom stereocenters. The normalized spacial score (nSPS) is 17.5. The second-order valence-electron chi connectivity index (χ2n) is 3.86. The molecule has 1 saturated carbocycles. The first-order valence-corrected chi connectivity index (χ1v) is 5.92. The second kappa shape index (κ2) is 4.03. The molecule has 0 aromatic carbocycles. The van der Waals surface area contributed by atoms with Gasteiger partial charge in [0.2, 0.25) is 5.91 Å². The smallest absolute Gasteiger partial charge is 0.240 e. The standard InChI is InChI=1S/C11H12N2OS/c12-8-11(3-1-4-11)10(14)13-6-9-2-5-15-7-9/h2,5,7H,1,3-4,6H2,(H,13,14). The van der Waals surface area contributed by atoms with Gasteiger partial charge in [-0.05, 0) is 41.7 Å². The van der Waals surface area contributed by atoms with Gasteiger partial charge in [0.25, 0.3) is 0 Å². The van der Waals surface area contributed by atoms with Gasteiger partial charge in [-0.2, -0.15) is 16.6 Å². The zero-order valence-electron chi connectivity index (χ0n) is 8.32. The van der Waals surface area contributed by atoms with Crippen molar-refractivity contribution in [3.63, 3.8) is 0 Å². The molecule has 0 atom stereocenters. The molecule has 0 bridgehead atoms. The first kappa shape index (κ1) is 10.2. The minimum absolute atomic E-state index is 0.109. The van der Waals surface area contributed by atoms with Crippen molar-refractivity contribution in [1.29, 1.82) is 5.26 Å². The van der Waals surface area contributed by atoms with Crippen molar-refractivity contribution in [2.24, 2.45) is 5.41 Å². The lowest BCUT2D eigenvalue weighted by Gasteiger charge is -2.33. The van der Waals surface area contributed by atoms with E-state index in [1.165, 1.54) is 0 Å². The van der Waals surface area contributed by atoms with Gasteiger partial charge in [-0.25, -0.2) is 0 Å². The third-order valence-electron chi connectivity index (χ3n) is 2.89. The van der Waals surface area contributed by atoms with Crippen LogP contribution in [0.4, 0.5) is 0 Å². The zero-order valence-corrected chi connectivity index (χ0v) is 9.14. The summed E-state index contributed by atoms with van der Waals surface area (Å²) in [6.45, 7) is 0.533. The van der Waals surface area contributed by atoms with Crippen LogP contribution in [0.25, 0.3) is 0 Å². The van der Waals surface area contributed by atoms with E-state index in [1.807, 2.05) is 16.8 Å². The highest BCUT2D eigenvalue weighted by Gasteiger charge is 2.44. The first-order valence-electron chi connectivity index (χ1n) is 4.97. The van der Waals surface area contributed by atoms with Crippen LogP contribution in [-0.4, -0.2) is 5.91 Å². The van der Waals surface area contributed by atoms with E-state index in [0.29, 0.717) is 19.4 Å². The van der Waals surface area contributed by atoms with E-state index in [2.05, 4.69) is 11.4 Å². The molecule has 1 aromatic rings. The van der Waals surface area contributed by atoms with Crippen LogP contribution >= 0.6 is 11.3 Å². The number of carbonyl (C=O) groups is 1. The van der Waals surface area contributed by atoms with Gasteiger partial charge in [0, 0.05) is 6.54 Å². The number of nitriles is 1. The van der Waals surface area contributed by atoms with Crippen LogP contribution < -0.4 is 5.32 Å². The maximum absolute atomic E-state index is 11.7. The molecular formula is C11H12N2OS. The Morgan fingerprint density at radius 2 is 2.47 bits per heavy atom. The summed E-state index contributed by atoms with van der Waals surface area (Å²) in [5, 5.41) is 15.8. The summed E-state index contributed by atoms with van der Waals surface area (Å²) in [4.78, 5) is 11.7. The lowest BCUT2D eigenvalue weighted by atomic mass is 9.69. The van der Waals surface area contributed by atoms with E-state index in [-0.39, 0.29) is 5.91 Å². The summed E-state index contributed by atoms with van der Waals surface area (Å²) in [5.41, 5.74) is 0.372. The van der Waals surface area contributed by atoms with Gasteiger partial charge in [0.15, 0.2) is 0 Å². The zero-order chi connectivity index (χ0) is 10.7. The fourth-order valence-electron chi connectivity index (χ4n) is 1.66. The number of rotatable bonds is 3. The van der Waals surface area contributed by atoms with E-state index < -0.39 is 5.41 Å². The van der Waals surface area contributed by atoms with E-state index in [4.69, 9.17) is 5.26 Å². The van der Waals surface area contributed by atoms with Gasteiger partial charge in [0.05, 0.1) is 6.07 Å². The van der Waals surface area contributed by atoms with Crippen LogP contribution in [0.1, 0.15) is 24.8 Å². The Balaban J connectivity index is 1.90. The third kappa shape index (κ3) is 1.88. The molecule has 1 aliphatic carbocycles. The monoisotopic (exact) mass is 220 g/mol. The molecule has 0 spiro atoms. The largest absolute Gasteiger partial charge is 0.351 e. The summed E-state index contributed by atoms with van der Waals surface area (Å²) < 4.78 is 0. The summed E-state index contributed by atoms with van der Waals surface area (Å²) in [6.07, 6.45) is 2.40. The van der Waals surface area contributed by atoms with Crippen molar-refractivity contribution in [2.75, 3.05) is 0 Å². The Morgan fingerprint density at radius 3 is 2.93 bits per heavy atom. The number of thiophene rings is 1. The predicted molar refractivity (Wildman–Crippen MR) is 58.1 cm³/mol. The summed E-state index contributed by atoms with van der Waals surface area (Å²) >= 11 is 1.61. The molecule has 3 nitrogen and oxygen atoms in total. The van der Waals surface area contributed by atoms with Crippen LogP contribution in [0, 0.1) is 16.7 Å². The Morgan fingerprint density at radius 1 is 1.67 bits per heavy atom. The molecule has 1 fully saturated rings. The summed E-state index contributed by atoms with van der Waals surface area (Å²) in [5.74, 6) is -0.109. The van der Waals surface area contributed by atoms with E-state index >= 15 is 0 Å². The van der Waals surface area contributed by atoms with E-state index in [0.717, 1.165) is 12.0 Å². The fraction of sp³-hybridized carbons (Fsp3) is 0.455. The molecule has 1 heterocycles. The van der Waals surface area contributed by atoms with Gasteiger partial charge in [-0.1, -0.05) is 0 Å². The molecule has 0 radical (unpaired) electrons. The Labute approximate surface area is 92.7 Å². The van der Waals surface area contributed by atoms with Gasteiger partial charge in [-0.3, -0.25) is 4.79 Å². The highest BCUT2D eigenvalue weighted by atomic mass is 32.1. The summed E-state index contributed by atoms with van der Waals surface area (Å²) in [6, 6.07) is 4.11. The van der Waals surface area contributed by atoms with Crippen molar-refractivity contribution >= 4 is 17.2 Å². The summed E-state index contributed by atoms with van der Waals surface area (Å²) in [7, 11) is 0. The third-order valence-corrected chi connectivity index (χ3v) is 3.62. The minimum atomic E-state index is -0.726. The molecule has 15 heavy (non-hydrogen) atoms. The van der Waals surface area contributed by atoms with Gasteiger partial charge in [0.1, 0.15) is 5.41 Å². The molecule has 4 heteroatoms. The van der Waals surface area contributed by atoms with E-state index in [1.54, 1.807) is 11.3 Å². The molecular weight excluding hydrogens is 208 g/mol. The first-order chi connectivity index (χ1) is 7.27. The Hall–Kier alpha value is -1.34. The highest BCUT2D eigenvalue weighted by molar-refractivity contribution is 7.07. The maximum atomic E-state index is 11.7. The van der Waals surface area contributed by atoms with Crippen LogP contribution in [0.5, 0.6) is 0 Å². The molecule has 2 rings (SSSR count). The fourth-order valence-corrected chi connectivity index (χ4v) is 2.33. The molecule has 1 aromatic heterocycles. The average Bonchev–Trinajstić information content (AvgIpc) is 2.66. The van der Waals surface area contributed by atoms with Crippen molar-refractivity contribution in [3.05, 3.63) is 22.4 Å². The second-order valence-corrected chi connectivity index (χ2v) is 4.64. The number of hydrogen-bond acceptors (Lipinski definition) is 3. The van der Waals surface area contributed by atoms with Crippen molar-refractivity contribution in [1.82, 2.24) is 5.32 Å². The molecule has 1 aliphatic rings. The lowest BCUT2D eigenvalue weighted by Crippen LogP contribution is -2.44. The Kier molecular flexibility index (Phi) is 2.74. The molecule has 78 valence electrons. The topological polar surface area (TPSA) is 52.9 Å². The highest BCUT2D eigenvalue weighted by Crippen LogP contribution is 2.40. The lowest BCUT2D eigenvalue weighted by molar-refractivity contribution is -0.131. The molecule has 1 N–H and O–H groups in total. The quantitative estimate of drug-likeness (QED) is 0.847. The van der Waals surface area contributed by atoms with Gasteiger partial charge in [-0.15, -0.1) is 0 Å². The number of hydrogen-bond donors (Lipinski definition) is 1. The van der Waals surface area contributed by atoms with Crippen LogP contribution in [0.15, 0.2) is 16.8 Å². The maximum Gasteiger partial charge on any atom is 0.240 e. The SMILES string of the molecule is N#CC1(C(=O)NCc2ccsc2)CCC1. The molecule has 0 aliphatic heterocycles. The van der Waals surface area contributed by atoms with Crippen LogP contribution in [0.2, 0.25) is 0 Å². The Bertz CT molecular complexity index is 387. The average molecular weight is 220 g/mol. The number of carbonyl (C=O) groups excluding carboxylic acids is 1. The van der Waals surface area contributed by atoms with Crippen LogP contribution in [-0.2, 0) is 11.3 Å². The van der Waals surface area contributed by atoms with Crippen molar-refractivity contribution < 1.29 is 4.79 Å². The predicted octanol–water partition coefficient (Wildman–Crippen LogP) is 2.06. The number of nitrogens with one attached hydrogen (secondary N) is 1. The van der Waals surface area contributed by atoms with Crippen LogP contribution in [0.3, 0.4) is 0 Å². The molecule has 0 saturated heterocycles. The van der Waals surface area contributed by atoms with Gasteiger partial charge >= 0.3 is 0 Å². The molecule has 1 amide bonds. The number of amides is 1. The van der Waals surface area contributed by atoms with Crippen molar-refractivity contribution in [3.8, 4) is 6.07 Å². The number of nitrogens with zero attached hydrogens (tertiary/aromatic N) is 1. The van der Waals surface area contributed by atoms with Crippen molar-refractivity contribution in [2.45, 2.75) is 25.8 Å². The minimum Gasteiger partial charge on any atom is -0.351 e.